The van der Waals surface area contributed by atoms with Crippen LogP contribution in [0.15, 0.2) is 11.9 Å². The minimum absolute atomic E-state index is 0.333. The summed E-state index contributed by atoms with van der Waals surface area (Å²) in [4.78, 5) is 0. The molecule has 0 aliphatic carbocycles. The molecule has 0 radical (unpaired) electrons. The number of rotatable bonds is 0. The van der Waals surface area contributed by atoms with Crippen LogP contribution >= 0.6 is 0 Å². The zero-order valence-corrected chi connectivity index (χ0v) is 5.39. The van der Waals surface area contributed by atoms with Gasteiger partial charge in [0.2, 0.25) is 0 Å². The Balaban J connectivity index is 0. The smallest absolute Gasteiger partial charge is 0.183 e. The van der Waals surface area contributed by atoms with E-state index in [1.165, 1.54) is 0 Å². The van der Waals surface area contributed by atoms with Crippen molar-refractivity contribution in [3.8, 4) is 0 Å². The van der Waals surface area contributed by atoms with Crippen LogP contribution in [0.4, 0.5) is 0 Å². The van der Waals surface area contributed by atoms with E-state index >= 15 is 0 Å². The Morgan fingerprint density at radius 3 is 1.33 bits per heavy atom. The lowest BCUT2D eigenvalue weighted by molar-refractivity contribution is 1.23. The van der Waals surface area contributed by atoms with E-state index in [4.69, 9.17) is 16.9 Å². The van der Waals surface area contributed by atoms with E-state index in [-0.39, 0.29) is 5.96 Å². The van der Waals surface area contributed by atoms with E-state index in [1.807, 2.05) is 0 Å². The largest absolute Gasteiger partial charge is 0.386 e. The molecule has 54 valence electrons. The fraction of sp³-hybridized carbons (Fsp3) is 0.250. The SMILES string of the molecule is CC=C(N)N.N=C(N)N. The summed E-state index contributed by atoms with van der Waals surface area (Å²) in [6.45, 7) is 1.79. The van der Waals surface area contributed by atoms with Crippen molar-refractivity contribution in [1.82, 2.24) is 0 Å². The number of nitrogens with one attached hydrogen (secondary N) is 1. The first-order valence-corrected chi connectivity index (χ1v) is 2.27. The first-order chi connectivity index (χ1) is 4.00. The number of hydrogen-bond acceptors (Lipinski definition) is 3. The van der Waals surface area contributed by atoms with Crippen LogP contribution in [0.25, 0.3) is 0 Å². The van der Waals surface area contributed by atoms with Crippen molar-refractivity contribution in [2.75, 3.05) is 0 Å². The van der Waals surface area contributed by atoms with Gasteiger partial charge in [0.25, 0.3) is 0 Å². The maximum absolute atomic E-state index is 6.06. The first kappa shape index (κ1) is 10.6. The molecule has 0 aromatic heterocycles. The van der Waals surface area contributed by atoms with Crippen molar-refractivity contribution in [2.24, 2.45) is 22.9 Å². The molecule has 0 heterocycles. The molecule has 0 spiro atoms. The summed E-state index contributed by atoms with van der Waals surface area (Å²) in [5.41, 5.74) is 18.8. The Labute approximate surface area is 54.2 Å². The van der Waals surface area contributed by atoms with Crippen LogP contribution in [0.3, 0.4) is 0 Å². The fourth-order valence-electron chi connectivity index (χ4n) is 0. The maximum Gasteiger partial charge on any atom is 0.183 e. The lowest BCUT2D eigenvalue weighted by Crippen LogP contribution is -2.20. The minimum Gasteiger partial charge on any atom is -0.386 e. The van der Waals surface area contributed by atoms with E-state index in [1.54, 1.807) is 13.0 Å². The highest BCUT2D eigenvalue weighted by Crippen LogP contribution is 1.59. The molecule has 5 nitrogen and oxygen atoms in total. The third-order valence-electron chi connectivity index (χ3n) is 0.333. The lowest BCUT2D eigenvalue weighted by Gasteiger charge is -1.78. The topological polar surface area (TPSA) is 128 Å². The Hall–Kier alpha value is -1.39. The fourth-order valence-corrected chi connectivity index (χ4v) is 0. The summed E-state index contributed by atoms with van der Waals surface area (Å²) in [6, 6.07) is 0. The average Bonchev–Trinajstić information content (AvgIpc) is 1.65. The van der Waals surface area contributed by atoms with Gasteiger partial charge in [-0.05, 0) is 13.0 Å². The van der Waals surface area contributed by atoms with Gasteiger partial charge in [-0.3, -0.25) is 5.41 Å². The third kappa shape index (κ3) is 378. The van der Waals surface area contributed by atoms with Gasteiger partial charge in [0.05, 0.1) is 5.82 Å². The minimum atomic E-state index is -0.333. The molecule has 5 heteroatoms. The maximum atomic E-state index is 6.06. The highest BCUT2D eigenvalue weighted by atomic mass is 14.9. The van der Waals surface area contributed by atoms with E-state index in [0.29, 0.717) is 5.82 Å². The predicted molar refractivity (Wildman–Crippen MR) is 38.2 cm³/mol. The summed E-state index contributed by atoms with van der Waals surface area (Å²) < 4.78 is 0. The van der Waals surface area contributed by atoms with Crippen LogP contribution in [0.5, 0.6) is 0 Å². The molecular weight excluding hydrogens is 118 g/mol. The van der Waals surface area contributed by atoms with Gasteiger partial charge in [0, 0.05) is 0 Å². The molecule has 0 aliphatic rings. The highest BCUT2D eigenvalue weighted by Gasteiger charge is 1.59. The van der Waals surface area contributed by atoms with Gasteiger partial charge in [0.15, 0.2) is 5.96 Å². The normalized spacial score (nSPS) is 6.33. The molecular formula is C4H13N5. The summed E-state index contributed by atoms with van der Waals surface area (Å²) in [7, 11) is 0. The molecule has 0 saturated carbocycles. The average molecular weight is 131 g/mol. The number of guanidine groups is 1. The monoisotopic (exact) mass is 131 g/mol. The van der Waals surface area contributed by atoms with Gasteiger partial charge < -0.3 is 22.9 Å². The molecule has 0 aromatic rings. The zero-order valence-electron chi connectivity index (χ0n) is 5.39. The Bertz CT molecular complexity index is 97.5. The standard InChI is InChI=1S/C3H8N2.CH5N3/c1-2-3(4)5;2-1(3)4/h2H,4-5H2,1H3;(H5,2,3,4). The molecule has 0 atom stereocenters. The quantitative estimate of drug-likeness (QED) is 0.204. The second-order valence-corrected chi connectivity index (χ2v) is 1.24. The number of nitrogens with two attached hydrogens (primary N) is 4. The zero-order chi connectivity index (χ0) is 7.86. The second kappa shape index (κ2) is 6.61. The van der Waals surface area contributed by atoms with Crippen LogP contribution < -0.4 is 22.9 Å². The molecule has 0 unspecified atom stereocenters. The summed E-state index contributed by atoms with van der Waals surface area (Å²) in [6.07, 6.45) is 1.64. The Morgan fingerprint density at radius 1 is 1.22 bits per heavy atom. The van der Waals surface area contributed by atoms with Crippen molar-refractivity contribution in [3.05, 3.63) is 11.9 Å². The van der Waals surface area contributed by atoms with E-state index in [9.17, 15) is 0 Å². The van der Waals surface area contributed by atoms with Crippen LogP contribution in [0.1, 0.15) is 6.92 Å². The van der Waals surface area contributed by atoms with E-state index in [0.717, 1.165) is 0 Å². The second-order valence-electron chi connectivity index (χ2n) is 1.24. The van der Waals surface area contributed by atoms with Crippen molar-refractivity contribution >= 4 is 5.96 Å². The van der Waals surface area contributed by atoms with E-state index in [2.05, 4.69) is 11.5 Å². The molecule has 9 N–H and O–H groups in total. The van der Waals surface area contributed by atoms with Crippen molar-refractivity contribution in [2.45, 2.75) is 6.92 Å². The molecule has 9 heavy (non-hydrogen) atoms. The summed E-state index contributed by atoms with van der Waals surface area (Å²) in [5, 5.41) is 6.06. The van der Waals surface area contributed by atoms with Crippen molar-refractivity contribution in [3.63, 3.8) is 0 Å². The summed E-state index contributed by atoms with van der Waals surface area (Å²) >= 11 is 0. The van der Waals surface area contributed by atoms with Gasteiger partial charge >= 0.3 is 0 Å². The molecule has 0 saturated heterocycles. The molecule has 0 aromatic carbocycles. The lowest BCUT2D eigenvalue weighted by atomic mass is 10.6. The van der Waals surface area contributed by atoms with Crippen LogP contribution in [-0.4, -0.2) is 5.96 Å². The Kier molecular flexibility index (Phi) is 7.76. The highest BCUT2D eigenvalue weighted by molar-refractivity contribution is 5.71. The number of allylic oxidation sites excluding steroid dienone is 1. The van der Waals surface area contributed by atoms with Crippen LogP contribution in [-0.2, 0) is 0 Å². The molecule has 0 rings (SSSR count). The molecule has 0 amide bonds. The van der Waals surface area contributed by atoms with Gasteiger partial charge in [-0.25, -0.2) is 0 Å². The Morgan fingerprint density at radius 2 is 1.33 bits per heavy atom. The van der Waals surface area contributed by atoms with E-state index < -0.39 is 0 Å². The molecule has 0 aliphatic heterocycles. The predicted octanol–water partition coefficient (Wildman–Crippen LogP) is -1.40. The summed E-state index contributed by atoms with van der Waals surface area (Å²) in [5.74, 6) is 0.0463. The third-order valence-corrected chi connectivity index (χ3v) is 0.333. The van der Waals surface area contributed by atoms with Gasteiger partial charge in [-0.1, -0.05) is 0 Å². The van der Waals surface area contributed by atoms with Gasteiger partial charge in [-0.2, -0.15) is 0 Å². The van der Waals surface area contributed by atoms with Crippen LogP contribution in [0, 0.1) is 5.41 Å². The van der Waals surface area contributed by atoms with Crippen molar-refractivity contribution < 1.29 is 0 Å². The number of hydrogen-bond donors (Lipinski definition) is 5. The molecule has 0 bridgehead atoms. The molecule has 0 fully saturated rings. The first-order valence-electron chi connectivity index (χ1n) is 2.27. The van der Waals surface area contributed by atoms with Crippen molar-refractivity contribution in [1.29, 1.82) is 5.41 Å². The van der Waals surface area contributed by atoms with Gasteiger partial charge in [0.1, 0.15) is 0 Å². The van der Waals surface area contributed by atoms with Crippen LogP contribution in [0.2, 0.25) is 0 Å². The van der Waals surface area contributed by atoms with Gasteiger partial charge in [-0.15, -0.1) is 0 Å².